The first kappa shape index (κ1) is 26.4. The Morgan fingerprint density at radius 1 is 1.10 bits per heavy atom. The van der Waals surface area contributed by atoms with Crippen LogP contribution in [0.2, 0.25) is 0 Å². The molecule has 0 aromatic heterocycles. The van der Waals surface area contributed by atoms with Crippen LogP contribution in [0.15, 0.2) is 47.5 Å². The Balaban J connectivity index is 0.00000450. The summed E-state index contributed by atoms with van der Waals surface area (Å²) in [7, 11) is -1.55. The quantitative estimate of drug-likeness (QED) is 0.313. The first-order valence-corrected chi connectivity index (χ1v) is 11.5. The van der Waals surface area contributed by atoms with Crippen molar-refractivity contribution >= 4 is 39.8 Å². The lowest BCUT2D eigenvalue weighted by Gasteiger charge is -2.28. The SMILES string of the molecule is CN=C(NCc1cc(F)ccc1CS(C)(=O)=O)NCC(C)(C)c1ccccc1C.I. The Kier molecular flexibility index (Phi) is 9.74. The van der Waals surface area contributed by atoms with E-state index in [-0.39, 0.29) is 41.7 Å². The molecule has 2 rings (SSSR count). The van der Waals surface area contributed by atoms with Crippen molar-refractivity contribution in [2.45, 2.75) is 38.5 Å². The average Bonchev–Trinajstić information content (AvgIpc) is 2.63. The molecule has 0 radical (unpaired) electrons. The van der Waals surface area contributed by atoms with Crippen molar-refractivity contribution in [2.75, 3.05) is 19.8 Å². The van der Waals surface area contributed by atoms with Gasteiger partial charge < -0.3 is 10.6 Å². The standard InChI is InChI=1S/C22H30FN3O2S.HI/c1-16-8-6-7-9-20(16)22(2,3)15-26-21(24-4)25-13-18-12-19(23)11-10-17(18)14-29(5,27)28;/h6-12H,13-15H2,1-5H3,(H2,24,25,26);1H. The normalized spacial score (nSPS) is 12.3. The van der Waals surface area contributed by atoms with Crippen molar-refractivity contribution in [1.29, 1.82) is 0 Å². The molecule has 0 aliphatic carbocycles. The fraction of sp³-hybridized carbons (Fsp3) is 0.409. The number of benzene rings is 2. The van der Waals surface area contributed by atoms with Gasteiger partial charge in [-0.25, -0.2) is 12.8 Å². The molecule has 0 spiro atoms. The molecular formula is C22H31FIN3O2S. The molecule has 166 valence electrons. The van der Waals surface area contributed by atoms with Gasteiger partial charge in [-0.05, 0) is 41.3 Å². The van der Waals surface area contributed by atoms with Crippen LogP contribution in [0, 0.1) is 12.7 Å². The Hall–Kier alpha value is -1.68. The van der Waals surface area contributed by atoms with E-state index < -0.39 is 15.7 Å². The molecule has 0 amide bonds. The van der Waals surface area contributed by atoms with Gasteiger partial charge in [0, 0.05) is 31.8 Å². The highest BCUT2D eigenvalue weighted by Crippen LogP contribution is 2.25. The molecule has 2 aromatic carbocycles. The molecule has 0 heterocycles. The van der Waals surface area contributed by atoms with Crippen LogP contribution < -0.4 is 10.6 Å². The number of hydrogen-bond acceptors (Lipinski definition) is 3. The maximum atomic E-state index is 13.7. The van der Waals surface area contributed by atoms with Gasteiger partial charge in [0.15, 0.2) is 15.8 Å². The number of halogens is 2. The molecule has 2 aromatic rings. The number of hydrogen-bond donors (Lipinski definition) is 2. The van der Waals surface area contributed by atoms with Gasteiger partial charge in [-0.2, -0.15) is 0 Å². The molecule has 0 saturated carbocycles. The van der Waals surface area contributed by atoms with Gasteiger partial charge in [0.25, 0.3) is 0 Å². The van der Waals surface area contributed by atoms with Crippen LogP contribution >= 0.6 is 24.0 Å². The van der Waals surface area contributed by atoms with E-state index in [0.29, 0.717) is 23.6 Å². The van der Waals surface area contributed by atoms with E-state index in [0.717, 1.165) is 0 Å². The average molecular weight is 547 g/mol. The predicted octanol–water partition coefficient (Wildman–Crippen LogP) is 3.94. The van der Waals surface area contributed by atoms with Crippen molar-refractivity contribution in [3.05, 3.63) is 70.5 Å². The lowest BCUT2D eigenvalue weighted by molar-refractivity contribution is 0.506. The molecule has 0 aliphatic rings. The minimum absolute atomic E-state index is 0. The van der Waals surface area contributed by atoms with E-state index in [1.807, 2.05) is 12.1 Å². The summed E-state index contributed by atoms with van der Waals surface area (Å²) in [5.74, 6) is 0.0420. The van der Waals surface area contributed by atoms with E-state index in [2.05, 4.69) is 48.5 Å². The van der Waals surface area contributed by atoms with Gasteiger partial charge in [-0.15, -0.1) is 24.0 Å². The molecule has 0 atom stereocenters. The van der Waals surface area contributed by atoms with Gasteiger partial charge in [0.1, 0.15) is 5.82 Å². The molecule has 5 nitrogen and oxygen atoms in total. The highest BCUT2D eigenvalue weighted by atomic mass is 127. The van der Waals surface area contributed by atoms with Gasteiger partial charge >= 0.3 is 0 Å². The lowest BCUT2D eigenvalue weighted by Crippen LogP contribution is -2.43. The number of guanidine groups is 1. The monoisotopic (exact) mass is 547 g/mol. The summed E-state index contributed by atoms with van der Waals surface area (Å²) >= 11 is 0. The van der Waals surface area contributed by atoms with Gasteiger partial charge in [-0.1, -0.05) is 44.2 Å². The number of aliphatic imine (C=N–C) groups is 1. The minimum Gasteiger partial charge on any atom is -0.356 e. The Morgan fingerprint density at radius 3 is 2.37 bits per heavy atom. The van der Waals surface area contributed by atoms with Crippen molar-refractivity contribution in [2.24, 2.45) is 4.99 Å². The fourth-order valence-electron chi connectivity index (χ4n) is 3.31. The van der Waals surface area contributed by atoms with E-state index in [1.54, 1.807) is 7.05 Å². The van der Waals surface area contributed by atoms with Crippen molar-refractivity contribution in [1.82, 2.24) is 10.6 Å². The molecule has 0 saturated heterocycles. The Morgan fingerprint density at radius 2 is 1.77 bits per heavy atom. The number of sulfone groups is 1. The number of nitrogens with one attached hydrogen (secondary N) is 2. The Labute approximate surface area is 196 Å². The summed E-state index contributed by atoms with van der Waals surface area (Å²) in [5, 5.41) is 6.47. The first-order valence-electron chi connectivity index (χ1n) is 9.47. The zero-order chi connectivity index (χ0) is 21.7. The summed E-state index contributed by atoms with van der Waals surface area (Å²) in [6.45, 7) is 7.33. The second kappa shape index (κ2) is 11.1. The molecule has 8 heteroatoms. The third-order valence-electron chi connectivity index (χ3n) is 4.83. The van der Waals surface area contributed by atoms with Crippen molar-refractivity contribution in [3.8, 4) is 0 Å². The molecule has 30 heavy (non-hydrogen) atoms. The second-order valence-electron chi connectivity index (χ2n) is 7.96. The minimum atomic E-state index is -3.22. The van der Waals surface area contributed by atoms with Crippen LogP contribution in [-0.2, 0) is 27.5 Å². The van der Waals surface area contributed by atoms with Crippen molar-refractivity contribution < 1.29 is 12.8 Å². The van der Waals surface area contributed by atoms with Gasteiger partial charge in [0.2, 0.25) is 0 Å². The van der Waals surface area contributed by atoms with Gasteiger partial charge in [-0.3, -0.25) is 4.99 Å². The molecule has 0 fully saturated rings. The van der Waals surface area contributed by atoms with Crippen LogP contribution in [-0.4, -0.2) is 34.2 Å². The third-order valence-corrected chi connectivity index (χ3v) is 5.66. The molecule has 0 unspecified atom stereocenters. The van der Waals surface area contributed by atoms with E-state index in [9.17, 15) is 12.8 Å². The molecular weight excluding hydrogens is 516 g/mol. The third kappa shape index (κ3) is 7.86. The number of aryl methyl sites for hydroxylation is 1. The topological polar surface area (TPSA) is 70.6 Å². The molecule has 0 bridgehead atoms. The lowest BCUT2D eigenvalue weighted by atomic mass is 9.82. The van der Waals surface area contributed by atoms with Crippen LogP contribution in [0.4, 0.5) is 4.39 Å². The zero-order valence-corrected chi connectivity index (χ0v) is 21.3. The van der Waals surface area contributed by atoms with Crippen molar-refractivity contribution in [3.63, 3.8) is 0 Å². The maximum absolute atomic E-state index is 13.7. The Bertz CT molecular complexity index is 992. The van der Waals surface area contributed by atoms with Crippen LogP contribution in [0.5, 0.6) is 0 Å². The number of rotatable bonds is 7. The first-order chi connectivity index (χ1) is 13.5. The summed E-state index contributed by atoms with van der Waals surface area (Å²) in [6.07, 6.45) is 1.17. The van der Waals surface area contributed by atoms with E-state index >= 15 is 0 Å². The van der Waals surface area contributed by atoms with Crippen LogP contribution in [0.25, 0.3) is 0 Å². The second-order valence-corrected chi connectivity index (χ2v) is 10.1. The molecule has 0 aliphatic heterocycles. The van der Waals surface area contributed by atoms with E-state index in [4.69, 9.17) is 0 Å². The number of nitrogens with zero attached hydrogens (tertiary/aromatic N) is 1. The largest absolute Gasteiger partial charge is 0.356 e. The van der Waals surface area contributed by atoms with E-state index in [1.165, 1.54) is 35.6 Å². The smallest absolute Gasteiger partial charge is 0.191 e. The summed E-state index contributed by atoms with van der Waals surface area (Å²) in [5.41, 5.74) is 3.54. The highest BCUT2D eigenvalue weighted by molar-refractivity contribution is 14.0. The van der Waals surface area contributed by atoms with Crippen LogP contribution in [0.1, 0.15) is 36.1 Å². The highest BCUT2D eigenvalue weighted by Gasteiger charge is 2.22. The van der Waals surface area contributed by atoms with Gasteiger partial charge in [0.05, 0.1) is 5.75 Å². The maximum Gasteiger partial charge on any atom is 0.191 e. The molecule has 2 N–H and O–H groups in total. The predicted molar refractivity (Wildman–Crippen MR) is 133 cm³/mol. The summed E-state index contributed by atoms with van der Waals surface area (Å²) in [4.78, 5) is 4.23. The van der Waals surface area contributed by atoms with Crippen LogP contribution in [0.3, 0.4) is 0 Å². The fourth-order valence-corrected chi connectivity index (χ4v) is 4.16. The summed E-state index contributed by atoms with van der Waals surface area (Å²) < 4.78 is 37.0. The zero-order valence-electron chi connectivity index (χ0n) is 18.1. The summed E-state index contributed by atoms with van der Waals surface area (Å²) in [6, 6.07) is 12.4.